The summed E-state index contributed by atoms with van der Waals surface area (Å²) in [4.78, 5) is 37.2. The number of primary amides is 1. The largest absolute Gasteiger partial charge is 0.379 e. The molecule has 0 aliphatic carbocycles. The van der Waals surface area contributed by atoms with Gasteiger partial charge in [0.2, 0.25) is 11.8 Å². The molecule has 3 heterocycles. The number of nitrogens with two attached hydrogens (primary N) is 1. The van der Waals surface area contributed by atoms with Gasteiger partial charge in [-0.3, -0.25) is 14.6 Å². The van der Waals surface area contributed by atoms with Crippen LogP contribution in [0, 0.1) is 0 Å². The molecule has 1 aliphatic heterocycles. The highest BCUT2D eigenvalue weighted by Gasteiger charge is 2.22. The first kappa shape index (κ1) is 22.7. The first-order valence-electron chi connectivity index (χ1n) is 11.5. The number of rotatable bonds is 8. The molecule has 11 nitrogen and oxygen atoms in total. The van der Waals surface area contributed by atoms with Crippen molar-refractivity contribution < 1.29 is 14.3 Å². The Kier molecular flexibility index (Phi) is 6.49. The van der Waals surface area contributed by atoms with E-state index >= 15 is 0 Å². The summed E-state index contributed by atoms with van der Waals surface area (Å²) in [6.45, 7) is 3.87. The van der Waals surface area contributed by atoms with Crippen molar-refractivity contribution in [1.29, 1.82) is 0 Å². The van der Waals surface area contributed by atoms with Gasteiger partial charge >= 0.3 is 0 Å². The molecule has 0 radical (unpaired) electrons. The molecule has 5 rings (SSSR count). The van der Waals surface area contributed by atoms with E-state index in [1.54, 1.807) is 29.1 Å². The molecule has 4 aromatic rings. The van der Waals surface area contributed by atoms with E-state index in [0.29, 0.717) is 63.4 Å². The number of anilines is 1. The number of carbonyl (C=O) groups is 2. The molecule has 0 saturated carbocycles. The quantitative estimate of drug-likeness (QED) is 0.377. The van der Waals surface area contributed by atoms with Crippen molar-refractivity contribution in [3.63, 3.8) is 0 Å². The van der Waals surface area contributed by atoms with Gasteiger partial charge in [-0.15, -0.1) is 5.10 Å². The average molecular weight is 475 g/mol. The van der Waals surface area contributed by atoms with Gasteiger partial charge in [0.25, 0.3) is 0 Å². The highest BCUT2D eigenvalue weighted by atomic mass is 16.5. The molecule has 0 bridgehead atoms. The predicted octanol–water partition coefficient (Wildman–Crippen LogP) is 1.23. The lowest BCUT2D eigenvalue weighted by molar-refractivity contribution is -0.132. The highest BCUT2D eigenvalue weighted by molar-refractivity contribution is 5.96. The van der Waals surface area contributed by atoms with E-state index in [1.807, 2.05) is 29.2 Å². The van der Waals surface area contributed by atoms with Crippen molar-refractivity contribution in [2.24, 2.45) is 5.73 Å². The molecule has 11 heteroatoms. The van der Waals surface area contributed by atoms with Crippen LogP contribution in [0.5, 0.6) is 0 Å². The molecule has 1 saturated heterocycles. The Hall–Kier alpha value is -4.12. The highest BCUT2D eigenvalue weighted by Crippen LogP contribution is 2.17. The van der Waals surface area contributed by atoms with Crippen LogP contribution in [-0.4, -0.2) is 81.1 Å². The number of para-hydroxylation sites is 2. The Morgan fingerprint density at radius 2 is 1.77 bits per heavy atom. The number of ether oxygens (including phenoxy) is 1. The zero-order valence-corrected chi connectivity index (χ0v) is 19.2. The average Bonchev–Trinajstić information content (AvgIpc) is 3.30. The van der Waals surface area contributed by atoms with Crippen molar-refractivity contribution in [3.05, 3.63) is 54.2 Å². The lowest BCUT2D eigenvalue weighted by atomic mass is 10.2. The van der Waals surface area contributed by atoms with Crippen molar-refractivity contribution >= 4 is 39.7 Å². The number of fused-ring (bicyclic) bond motifs is 2. The SMILES string of the molecule is NC(=O)c1ccc2nnn(CCOCCC(=O)N3CCN(c4cnc5ccccc5n4)CC3)c2c1. The zero-order chi connectivity index (χ0) is 24.2. The van der Waals surface area contributed by atoms with Crippen LogP contribution in [0.3, 0.4) is 0 Å². The molecular formula is C24H26N8O3. The van der Waals surface area contributed by atoms with E-state index in [4.69, 9.17) is 15.5 Å². The Labute approximate surface area is 201 Å². The van der Waals surface area contributed by atoms with Gasteiger partial charge < -0.3 is 20.3 Å². The zero-order valence-electron chi connectivity index (χ0n) is 19.2. The third kappa shape index (κ3) is 5.04. The molecule has 2 aromatic carbocycles. The summed E-state index contributed by atoms with van der Waals surface area (Å²) in [5, 5.41) is 8.18. The molecule has 0 spiro atoms. The topological polar surface area (TPSA) is 132 Å². The standard InChI is InChI=1S/C24H26N8O3/c25-24(34)17-5-6-20-21(15-17)32(29-28-20)12-14-35-13-7-23(33)31-10-8-30(9-11-31)22-16-26-18-3-1-2-4-19(18)27-22/h1-6,15-16H,7-14H2,(H2,25,34). The number of aromatic nitrogens is 5. The summed E-state index contributed by atoms with van der Waals surface area (Å²) in [6, 6.07) is 12.8. The molecule has 2 N–H and O–H groups in total. The van der Waals surface area contributed by atoms with Crippen molar-refractivity contribution in [2.45, 2.75) is 13.0 Å². The van der Waals surface area contributed by atoms with E-state index in [1.165, 1.54) is 0 Å². The Balaban J connectivity index is 1.06. The van der Waals surface area contributed by atoms with Gasteiger partial charge in [-0.25, -0.2) is 9.67 Å². The van der Waals surface area contributed by atoms with Gasteiger partial charge in [0, 0.05) is 31.7 Å². The molecule has 180 valence electrons. The van der Waals surface area contributed by atoms with Crippen LogP contribution >= 0.6 is 0 Å². The lowest BCUT2D eigenvalue weighted by Crippen LogP contribution is -2.49. The predicted molar refractivity (Wildman–Crippen MR) is 130 cm³/mol. The van der Waals surface area contributed by atoms with Crippen LogP contribution in [0.2, 0.25) is 0 Å². The molecule has 2 amide bonds. The lowest BCUT2D eigenvalue weighted by Gasteiger charge is -2.35. The Bertz CT molecular complexity index is 1360. The number of carbonyl (C=O) groups excluding carboxylic acids is 2. The fourth-order valence-electron chi connectivity index (χ4n) is 4.14. The fraction of sp³-hybridized carbons (Fsp3) is 0.333. The summed E-state index contributed by atoms with van der Waals surface area (Å²) in [5.74, 6) is 0.412. The minimum Gasteiger partial charge on any atom is -0.379 e. The maximum absolute atomic E-state index is 12.6. The van der Waals surface area contributed by atoms with E-state index in [-0.39, 0.29) is 5.91 Å². The summed E-state index contributed by atoms with van der Waals surface area (Å²) < 4.78 is 7.34. The second-order valence-corrected chi connectivity index (χ2v) is 8.33. The molecule has 2 aromatic heterocycles. The third-order valence-corrected chi connectivity index (χ3v) is 6.10. The maximum atomic E-state index is 12.6. The van der Waals surface area contributed by atoms with E-state index in [2.05, 4.69) is 20.2 Å². The summed E-state index contributed by atoms with van der Waals surface area (Å²) in [7, 11) is 0. The maximum Gasteiger partial charge on any atom is 0.248 e. The van der Waals surface area contributed by atoms with Gasteiger partial charge in [0.05, 0.1) is 48.9 Å². The van der Waals surface area contributed by atoms with Crippen LogP contribution in [0.1, 0.15) is 16.8 Å². The first-order chi connectivity index (χ1) is 17.1. The number of hydrogen-bond donors (Lipinski definition) is 1. The van der Waals surface area contributed by atoms with Crippen LogP contribution < -0.4 is 10.6 Å². The van der Waals surface area contributed by atoms with Crippen LogP contribution in [-0.2, 0) is 16.1 Å². The van der Waals surface area contributed by atoms with Gasteiger partial charge in [-0.05, 0) is 30.3 Å². The second kappa shape index (κ2) is 10.0. The smallest absolute Gasteiger partial charge is 0.248 e. The van der Waals surface area contributed by atoms with Crippen LogP contribution in [0.15, 0.2) is 48.7 Å². The summed E-state index contributed by atoms with van der Waals surface area (Å²) >= 11 is 0. The number of amides is 2. The summed E-state index contributed by atoms with van der Waals surface area (Å²) in [5.41, 5.74) is 8.89. The summed E-state index contributed by atoms with van der Waals surface area (Å²) in [6.07, 6.45) is 2.11. The molecule has 1 aliphatic rings. The Morgan fingerprint density at radius 3 is 2.57 bits per heavy atom. The van der Waals surface area contributed by atoms with E-state index < -0.39 is 5.91 Å². The minimum absolute atomic E-state index is 0.0755. The normalized spacial score (nSPS) is 14.1. The van der Waals surface area contributed by atoms with Crippen molar-refractivity contribution in [2.75, 3.05) is 44.3 Å². The number of nitrogens with zero attached hydrogens (tertiary/aromatic N) is 7. The van der Waals surface area contributed by atoms with Gasteiger partial charge in [0.15, 0.2) is 0 Å². The van der Waals surface area contributed by atoms with Crippen LogP contribution in [0.25, 0.3) is 22.1 Å². The molecular weight excluding hydrogens is 448 g/mol. The number of benzene rings is 2. The van der Waals surface area contributed by atoms with E-state index in [9.17, 15) is 9.59 Å². The van der Waals surface area contributed by atoms with Gasteiger partial charge in [-0.2, -0.15) is 0 Å². The fourth-order valence-corrected chi connectivity index (χ4v) is 4.14. The van der Waals surface area contributed by atoms with Gasteiger partial charge in [-0.1, -0.05) is 17.3 Å². The third-order valence-electron chi connectivity index (χ3n) is 6.10. The molecule has 1 fully saturated rings. The van der Waals surface area contributed by atoms with E-state index in [0.717, 1.165) is 22.4 Å². The number of hydrogen-bond acceptors (Lipinski definition) is 8. The second-order valence-electron chi connectivity index (χ2n) is 8.33. The first-order valence-corrected chi connectivity index (χ1v) is 11.5. The molecule has 35 heavy (non-hydrogen) atoms. The molecule has 0 atom stereocenters. The van der Waals surface area contributed by atoms with Crippen LogP contribution in [0.4, 0.5) is 5.82 Å². The molecule has 0 unspecified atom stereocenters. The monoisotopic (exact) mass is 474 g/mol. The Morgan fingerprint density at radius 1 is 0.971 bits per heavy atom. The van der Waals surface area contributed by atoms with Crippen molar-refractivity contribution in [1.82, 2.24) is 29.9 Å². The van der Waals surface area contributed by atoms with Gasteiger partial charge in [0.1, 0.15) is 11.3 Å². The number of piperazine rings is 1. The van der Waals surface area contributed by atoms with Crippen molar-refractivity contribution in [3.8, 4) is 0 Å². The minimum atomic E-state index is -0.500.